The summed E-state index contributed by atoms with van der Waals surface area (Å²) in [5, 5.41) is 10.3. The monoisotopic (exact) mass is 429 g/mol. The van der Waals surface area contributed by atoms with Gasteiger partial charge in [-0.3, -0.25) is 14.7 Å². The number of aromatic nitrogens is 1. The first kappa shape index (κ1) is 22.0. The molecule has 0 aliphatic carbocycles. The Bertz CT molecular complexity index is 1040. The molecule has 2 aromatic carbocycles. The van der Waals surface area contributed by atoms with E-state index in [2.05, 4.69) is 28.9 Å². The van der Waals surface area contributed by atoms with Crippen molar-refractivity contribution < 1.29 is 9.90 Å². The van der Waals surface area contributed by atoms with E-state index in [4.69, 9.17) is 0 Å². The number of pyridine rings is 1. The van der Waals surface area contributed by atoms with Crippen LogP contribution >= 0.6 is 0 Å². The zero-order chi connectivity index (χ0) is 22.3. The van der Waals surface area contributed by atoms with Crippen LogP contribution in [0.1, 0.15) is 24.5 Å². The maximum absolute atomic E-state index is 13.5. The Hall–Kier alpha value is -3.18. The lowest BCUT2D eigenvalue weighted by molar-refractivity contribution is -0.134. The third kappa shape index (κ3) is 5.17. The molecule has 166 valence electrons. The van der Waals surface area contributed by atoms with Gasteiger partial charge in [0.25, 0.3) is 0 Å². The molecule has 1 N–H and O–H groups in total. The predicted molar refractivity (Wildman–Crippen MR) is 127 cm³/mol. The van der Waals surface area contributed by atoms with Gasteiger partial charge in [0.2, 0.25) is 5.91 Å². The van der Waals surface area contributed by atoms with Gasteiger partial charge in [0.15, 0.2) is 0 Å². The van der Waals surface area contributed by atoms with E-state index in [1.165, 1.54) is 5.56 Å². The average molecular weight is 430 g/mol. The number of nitrogens with zero attached hydrogens (tertiary/aromatic N) is 3. The SMILES string of the molecule is CCCN1CCN(Cc2ccccc2O)C[C@H](Cc2ccccc2-c2ccncc2)C1=O. The van der Waals surface area contributed by atoms with Gasteiger partial charge in [-0.1, -0.05) is 49.4 Å². The second-order valence-electron chi connectivity index (χ2n) is 8.48. The molecule has 1 aromatic heterocycles. The highest BCUT2D eigenvalue weighted by Gasteiger charge is 2.31. The Morgan fingerprint density at radius 3 is 2.44 bits per heavy atom. The smallest absolute Gasteiger partial charge is 0.227 e. The Morgan fingerprint density at radius 2 is 1.69 bits per heavy atom. The molecule has 1 aliphatic rings. The van der Waals surface area contributed by atoms with Crippen molar-refractivity contribution in [3.05, 3.63) is 84.2 Å². The normalized spacial score (nSPS) is 17.3. The van der Waals surface area contributed by atoms with Gasteiger partial charge in [0.05, 0.1) is 5.92 Å². The van der Waals surface area contributed by atoms with Gasteiger partial charge in [-0.05, 0) is 47.7 Å². The number of para-hydroxylation sites is 1. The van der Waals surface area contributed by atoms with Crippen molar-refractivity contribution in [1.29, 1.82) is 0 Å². The van der Waals surface area contributed by atoms with Crippen LogP contribution in [0.4, 0.5) is 0 Å². The van der Waals surface area contributed by atoms with Crippen LogP contribution in [0.2, 0.25) is 0 Å². The Kier molecular flexibility index (Phi) is 7.17. The number of phenolic OH excluding ortho intramolecular Hbond substituents is 1. The van der Waals surface area contributed by atoms with E-state index in [1.807, 2.05) is 47.4 Å². The number of phenols is 1. The molecule has 0 bridgehead atoms. The van der Waals surface area contributed by atoms with Crippen LogP contribution in [-0.4, -0.2) is 52.0 Å². The van der Waals surface area contributed by atoms with E-state index in [0.29, 0.717) is 25.3 Å². The fourth-order valence-corrected chi connectivity index (χ4v) is 4.56. The van der Waals surface area contributed by atoms with E-state index < -0.39 is 0 Å². The summed E-state index contributed by atoms with van der Waals surface area (Å²) in [7, 11) is 0. The molecule has 2 heterocycles. The van der Waals surface area contributed by atoms with E-state index >= 15 is 0 Å². The summed E-state index contributed by atoms with van der Waals surface area (Å²) in [5.41, 5.74) is 4.35. The Labute approximate surface area is 190 Å². The molecule has 5 nitrogen and oxygen atoms in total. The summed E-state index contributed by atoms with van der Waals surface area (Å²) < 4.78 is 0. The molecule has 1 aliphatic heterocycles. The van der Waals surface area contributed by atoms with Gasteiger partial charge in [-0.25, -0.2) is 0 Å². The molecule has 0 radical (unpaired) electrons. The first-order valence-electron chi connectivity index (χ1n) is 11.4. The molecule has 1 saturated heterocycles. The number of amides is 1. The zero-order valence-electron chi connectivity index (χ0n) is 18.7. The molecule has 1 fully saturated rings. The third-order valence-electron chi connectivity index (χ3n) is 6.18. The third-order valence-corrected chi connectivity index (χ3v) is 6.18. The zero-order valence-corrected chi connectivity index (χ0v) is 18.7. The first-order valence-corrected chi connectivity index (χ1v) is 11.4. The number of carbonyl (C=O) groups is 1. The molecule has 0 unspecified atom stereocenters. The fourth-order valence-electron chi connectivity index (χ4n) is 4.56. The van der Waals surface area contributed by atoms with Crippen molar-refractivity contribution in [1.82, 2.24) is 14.8 Å². The average Bonchev–Trinajstić information content (AvgIpc) is 2.96. The van der Waals surface area contributed by atoms with Crippen molar-refractivity contribution in [2.45, 2.75) is 26.3 Å². The highest BCUT2D eigenvalue weighted by molar-refractivity contribution is 5.80. The molecular formula is C27H31N3O2. The van der Waals surface area contributed by atoms with Gasteiger partial charge in [0.1, 0.15) is 5.75 Å². The molecule has 1 atom stereocenters. The van der Waals surface area contributed by atoms with Crippen molar-refractivity contribution in [3.8, 4) is 16.9 Å². The summed E-state index contributed by atoms with van der Waals surface area (Å²) >= 11 is 0. The lowest BCUT2D eigenvalue weighted by Crippen LogP contribution is -2.37. The van der Waals surface area contributed by atoms with Gasteiger partial charge in [-0.2, -0.15) is 0 Å². The van der Waals surface area contributed by atoms with Crippen LogP contribution in [0.15, 0.2) is 73.1 Å². The highest BCUT2D eigenvalue weighted by Crippen LogP contribution is 2.28. The lowest BCUT2D eigenvalue weighted by Gasteiger charge is -2.25. The Morgan fingerprint density at radius 1 is 0.969 bits per heavy atom. The minimum atomic E-state index is -0.127. The fraction of sp³-hybridized carbons (Fsp3) is 0.333. The molecule has 0 saturated carbocycles. The molecule has 0 spiro atoms. The van der Waals surface area contributed by atoms with Crippen LogP contribution in [-0.2, 0) is 17.8 Å². The van der Waals surface area contributed by atoms with Crippen molar-refractivity contribution >= 4 is 5.91 Å². The molecule has 3 aromatic rings. The summed E-state index contributed by atoms with van der Waals surface area (Å²) in [4.78, 5) is 22.0. The number of benzene rings is 2. The lowest BCUT2D eigenvalue weighted by atomic mass is 9.91. The predicted octanol–water partition coefficient (Wildman–Crippen LogP) is 4.37. The number of rotatable bonds is 7. The summed E-state index contributed by atoms with van der Waals surface area (Å²) in [6, 6.07) is 19.8. The Balaban J connectivity index is 1.60. The van der Waals surface area contributed by atoms with Crippen LogP contribution in [0.25, 0.3) is 11.1 Å². The molecule has 5 heteroatoms. The molecule has 1 amide bonds. The molecule has 4 rings (SSSR count). The molecular weight excluding hydrogens is 398 g/mol. The first-order chi connectivity index (χ1) is 15.7. The number of hydrogen-bond acceptors (Lipinski definition) is 4. The second kappa shape index (κ2) is 10.4. The number of aromatic hydroxyl groups is 1. The van der Waals surface area contributed by atoms with E-state index in [0.717, 1.165) is 42.7 Å². The number of hydrogen-bond donors (Lipinski definition) is 1. The largest absolute Gasteiger partial charge is 0.508 e. The summed E-state index contributed by atoms with van der Waals surface area (Å²) in [6.45, 7) is 5.75. The molecule has 32 heavy (non-hydrogen) atoms. The maximum atomic E-state index is 13.5. The van der Waals surface area contributed by atoms with E-state index in [9.17, 15) is 9.90 Å². The quantitative estimate of drug-likeness (QED) is 0.606. The maximum Gasteiger partial charge on any atom is 0.227 e. The standard InChI is InChI=1S/C27H31N3O2/c1-2-15-30-17-16-29(19-23-8-4-6-10-26(23)31)20-24(27(30)32)18-22-7-3-5-9-25(22)21-11-13-28-14-12-21/h3-14,24,31H,2,15-20H2,1H3/t24-/m0/s1. The van der Waals surface area contributed by atoms with Crippen LogP contribution in [0, 0.1) is 5.92 Å². The highest BCUT2D eigenvalue weighted by atomic mass is 16.3. The minimum absolute atomic E-state index is 0.127. The minimum Gasteiger partial charge on any atom is -0.508 e. The van der Waals surface area contributed by atoms with Gasteiger partial charge >= 0.3 is 0 Å². The van der Waals surface area contributed by atoms with E-state index in [1.54, 1.807) is 18.5 Å². The van der Waals surface area contributed by atoms with Crippen molar-refractivity contribution in [2.24, 2.45) is 5.92 Å². The topological polar surface area (TPSA) is 56.7 Å². The number of carbonyl (C=O) groups excluding carboxylic acids is 1. The van der Waals surface area contributed by atoms with Crippen LogP contribution in [0.5, 0.6) is 5.75 Å². The van der Waals surface area contributed by atoms with Gasteiger partial charge < -0.3 is 10.0 Å². The summed E-state index contributed by atoms with van der Waals surface area (Å²) in [6.07, 6.45) is 5.25. The van der Waals surface area contributed by atoms with Gasteiger partial charge in [0, 0.05) is 50.7 Å². The van der Waals surface area contributed by atoms with Crippen molar-refractivity contribution in [2.75, 3.05) is 26.2 Å². The van der Waals surface area contributed by atoms with Gasteiger partial charge in [-0.15, -0.1) is 0 Å². The van der Waals surface area contributed by atoms with E-state index in [-0.39, 0.29) is 11.8 Å². The van der Waals surface area contributed by atoms with Crippen LogP contribution < -0.4 is 0 Å². The van der Waals surface area contributed by atoms with Crippen LogP contribution in [0.3, 0.4) is 0 Å². The summed E-state index contributed by atoms with van der Waals surface area (Å²) in [5.74, 6) is 0.419. The van der Waals surface area contributed by atoms with Crippen molar-refractivity contribution in [3.63, 3.8) is 0 Å². The second-order valence-corrected chi connectivity index (χ2v) is 8.48.